The van der Waals surface area contributed by atoms with E-state index in [0.29, 0.717) is 18.7 Å². The Kier molecular flexibility index (Phi) is 5.58. The summed E-state index contributed by atoms with van der Waals surface area (Å²) in [4.78, 5) is 45.5. The summed E-state index contributed by atoms with van der Waals surface area (Å²) in [5, 5.41) is 4.22. The van der Waals surface area contributed by atoms with Crippen LogP contribution in [0.3, 0.4) is 0 Å². The van der Waals surface area contributed by atoms with Crippen LogP contribution < -0.4 is 10.9 Å². The average molecular weight is 447 g/mol. The van der Waals surface area contributed by atoms with Crippen LogP contribution in [0, 0.1) is 0 Å². The Hall–Kier alpha value is -1.87. The van der Waals surface area contributed by atoms with Crippen LogP contribution in [-0.2, 0) is 17.6 Å². The molecule has 7 nitrogen and oxygen atoms in total. The first-order chi connectivity index (χ1) is 14.6. The number of hydrogen-bond donors (Lipinski definition) is 1. The standard InChI is InChI=1S/C21H26N4O3S2/c26-16-12-22-20(28)24(16)10-5-11-29-21-23-18-17(14-8-3-4-9-15(14)30-18)19(27)25(21)13-6-1-2-7-13/h13H,1-12H2,(H,22,28). The van der Waals surface area contributed by atoms with Gasteiger partial charge in [-0.1, -0.05) is 24.6 Å². The van der Waals surface area contributed by atoms with Gasteiger partial charge < -0.3 is 5.32 Å². The summed E-state index contributed by atoms with van der Waals surface area (Å²) in [6.45, 7) is 0.495. The molecule has 160 valence electrons. The molecule has 2 aliphatic carbocycles. The molecule has 0 radical (unpaired) electrons. The van der Waals surface area contributed by atoms with Crippen molar-refractivity contribution >= 4 is 45.3 Å². The Balaban J connectivity index is 1.41. The highest BCUT2D eigenvalue weighted by Gasteiger charge is 2.29. The van der Waals surface area contributed by atoms with Gasteiger partial charge in [-0.05, 0) is 50.5 Å². The molecular formula is C21H26N4O3S2. The van der Waals surface area contributed by atoms with Crippen LogP contribution in [0.5, 0.6) is 0 Å². The lowest BCUT2D eigenvalue weighted by Crippen LogP contribution is -2.32. The third kappa shape index (κ3) is 3.56. The van der Waals surface area contributed by atoms with Crippen molar-refractivity contribution in [3.63, 3.8) is 0 Å². The maximum atomic E-state index is 13.6. The number of carbonyl (C=O) groups excluding carboxylic acids is 2. The summed E-state index contributed by atoms with van der Waals surface area (Å²) < 4.78 is 1.97. The van der Waals surface area contributed by atoms with Gasteiger partial charge >= 0.3 is 6.03 Å². The maximum absolute atomic E-state index is 13.6. The smallest absolute Gasteiger partial charge is 0.324 e. The third-order valence-corrected chi connectivity index (χ3v) is 8.60. The Labute approximate surface area is 183 Å². The van der Waals surface area contributed by atoms with Crippen molar-refractivity contribution in [1.82, 2.24) is 19.8 Å². The van der Waals surface area contributed by atoms with E-state index >= 15 is 0 Å². The first kappa shape index (κ1) is 20.1. The van der Waals surface area contributed by atoms with Gasteiger partial charge in [-0.25, -0.2) is 9.78 Å². The van der Waals surface area contributed by atoms with Crippen LogP contribution in [0.25, 0.3) is 10.2 Å². The Morgan fingerprint density at radius 3 is 2.67 bits per heavy atom. The fourth-order valence-electron chi connectivity index (χ4n) is 4.85. The number of nitrogens with one attached hydrogen (secondary N) is 1. The largest absolute Gasteiger partial charge is 0.329 e. The van der Waals surface area contributed by atoms with E-state index in [-0.39, 0.29) is 30.1 Å². The molecule has 1 saturated heterocycles. The summed E-state index contributed by atoms with van der Waals surface area (Å²) in [5.74, 6) is 0.545. The number of aromatic nitrogens is 2. The highest BCUT2D eigenvalue weighted by atomic mass is 32.2. The normalized spacial score (nSPS) is 19.7. The topological polar surface area (TPSA) is 84.3 Å². The Morgan fingerprint density at radius 1 is 1.10 bits per heavy atom. The van der Waals surface area contributed by atoms with Crippen molar-refractivity contribution in [3.05, 3.63) is 20.8 Å². The molecule has 30 heavy (non-hydrogen) atoms. The quantitative estimate of drug-likeness (QED) is 0.318. The van der Waals surface area contributed by atoms with Gasteiger partial charge in [0, 0.05) is 23.2 Å². The lowest BCUT2D eigenvalue weighted by atomic mass is 9.97. The highest BCUT2D eigenvalue weighted by Crippen LogP contribution is 2.37. The summed E-state index contributed by atoms with van der Waals surface area (Å²) in [6.07, 6.45) is 9.49. The third-order valence-electron chi connectivity index (χ3n) is 6.37. The van der Waals surface area contributed by atoms with Crippen molar-refractivity contribution in [2.24, 2.45) is 0 Å². The van der Waals surface area contributed by atoms with Gasteiger partial charge in [0.05, 0.1) is 11.9 Å². The second-order valence-electron chi connectivity index (χ2n) is 8.30. The van der Waals surface area contributed by atoms with Gasteiger partial charge in [0.15, 0.2) is 5.16 Å². The van der Waals surface area contributed by atoms with Crippen LogP contribution in [0.1, 0.15) is 61.4 Å². The number of imide groups is 1. The monoisotopic (exact) mass is 446 g/mol. The molecule has 0 unspecified atom stereocenters. The number of nitrogens with zero attached hydrogens (tertiary/aromatic N) is 3. The van der Waals surface area contributed by atoms with Crippen LogP contribution in [0.2, 0.25) is 0 Å². The summed E-state index contributed by atoms with van der Waals surface area (Å²) >= 11 is 3.28. The number of thiophene rings is 1. The zero-order valence-corrected chi connectivity index (χ0v) is 18.6. The molecule has 0 spiro atoms. The number of fused-ring (bicyclic) bond motifs is 3. The minimum Gasteiger partial charge on any atom is -0.329 e. The molecule has 9 heteroatoms. The van der Waals surface area contributed by atoms with Crippen molar-refractivity contribution in [1.29, 1.82) is 0 Å². The van der Waals surface area contributed by atoms with Gasteiger partial charge in [0.25, 0.3) is 5.56 Å². The second-order valence-corrected chi connectivity index (χ2v) is 10.5. The van der Waals surface area contributed by atoms with Gasteiger partial charge in [-0.3, -0.25) is 19.1 Å². The van der Waals surface area contributed by atoms with Crippen LogP contribution in [-0.4, -0.2) is 45.2 Å². The summed E-state index contributed by atoms with van der Waals surface area (Å²) in [5.41, 5.74) is 1.39. The summed E-state index contributed by atoms with van der Waals surface area (Å²) in [7, 11) is 0. The fourth-order valence-corrected chi connectivity index (χ4v) is 7.15. The van der Waals surface area contributed by atoms with Crippen LogP contribution in [0.4, 0.5) is 4.79 Å². The lowest BCUT2D eigenvalue weighted by Gasteiger charge is -2.19. The number of aryl methyl sites for hydroxylation is 2. The van der Waals surface area contributed by atoms with E-state index in [2.05, 4.69) is 5.32 Å². The van der Waals surface area contributed by atoms with Gasteiger partial charge in [0.2, 0.25) is 5.91 Å². The average Bonchev–Trinajstić information content (AvgIpc) is 3.45. The molecule has 3 amide bonds. The number of amides is 3. The summed E-state index contributed by atoms with van der Waals surface area (Å²) in [6, 6.07) is -0.0708. The molecule has 0 atom stereocenters. The van der Waals surface area contributed by atoms with E-state index in [0.717, 1.165) is 60.3 Å². The zero-order valence-electron chi connectivity index (χ0n) is 16.9. The molecule has 1 aliphatic heterocycles. The van der Waals surface area contributed by atoms with E-state index in [1.165, 1.54) is 21.8 Å². The zero-order chi connectivity index (χ0) is 20.7. The molecule has 3 heterocycles. The molecular weight excluding hydrogens is 420 g/mol. The maximum Gasteiger partial charge on any atom is 0.324 e. The van der Waals surface area contributed by atoms with E-state index < -0.39 is 0 Å². The molecule has 1 saturated carbocycles. The molecule has 3 aliphatic rings. The number of thioether (sulfide) groups is 1. The van der Waals surface area contributed by atoms with E-state index in [4.69, 9.17) is 4.98 Å². The Bertz CT molecular complexity index is 1040. The lowest BCUT2D eigenvalue weighted by molar-refractivity contribution is -0.124. The molecule has 5 rings (SSSR count). The molecule has 2 aromatic heterocycles. The van der Waals surface area contributed by atoms with Crippen molar-refractivity contribution in [3.8, 4) is 0 Å². The van der Waals surface area contributed by atoms with Crippen molar-refractivity contribution in [2.45, 2.75) is 69.0 Å². The molecule has 1 N–H and O–H groups in total. The van der Waals surface area contributed by atoms with Gasteiger partial charge in [0.1, 0.15) is 4.83 Å². The first-order valence-electron chi connectivity index (χ1n) is 10.9. The first-order valence-corrected chi connectivity index (χ1v) is 12.7. The number of hydrogen-bond acceptors (Lipinski definition) is 6. The predicted molar refractivity (Wildman–Crippen MR) is 118 cm³/mol. The van der Waals surface area contributed by atoms with Crippen molar-refractivity contribution < 1.29 is 9.59 Å². The van der Waals surface area contributed by atoms with Crippen molar-refractivity contribution in [2.75, 3.05) is 18.8 Å². The van der Waals surface area contributed by atoms with E-state index in [1.54, 1.807) is 23.1 Å². The minimum atomic E-state index is -0.309. The highest BCUT2D eigenvalue weighted by molar-refractivity contribution is 7.99. The Morgan fingerprint density at radius 2 is 1.90 bits per heavy atom. The number of carbonyl (C=O) groups is 2. The van der Waals surface area contributed by atoms with Gasteiger partial charge in [-0.2, -0.15) is 0 Å². The minimum absolute atomic E-state index is 0.0917. The molecule has 0 bridgehead atoms. The van der Waals surface area contributed by atoms with E-state index in [1.807, 2.05) is 4.57 Å². The van der Waals surface area contributed by atoms with Gasteiger partial charge in [-0.15, -0.1) is 11.3 Å². The number of urea groups is 1. The second kappa shape index (κ2) is 8.34. The molecule has 0 aromatic carbocycles. The molecule has 2 fully saturated rings. The predicted octanol–water partition coefficient (Wildman–Crippen LogP) is 3.49. The van der Waals surface area contributed by atoms with Crippen LogP contribution in [0.15, 0.2) is 9.95 Å². The van der Waals surface area contributed by atoms with Crippen LogP contribution >= 0.6 is 23.1 Å². The van der Waals surface area contributed by atoms with E-state index in [9.17, 15) is 14.4 Å². The number of rotatable bonds is 6. The SMILES string of the molecule is O=C1CNC(=O)N1CCCSc1nc2sc3c(c2c(=O)n1C1CCCC1)CCCC3. The fraction of sp³-hybridized carbons (Fsp3) is 0.619. The molecule has 2 aromatic rings.